The Bertz CT molecular complexity index is 577. The quantitative estimate of drug-likeness (QED) is 0.906. The molecular weight excluding hydrogens is 268 g/mol. The summed E-state index contributed by atoms with van der Waals surface area (Å²) in [6.45, 7) is 4.34. The van der Waals surface area contributed by atoms with Crippen LogP contribution < -0.4 is 5.32 Å². The minimum atomic E-state index is 0.578. The molecule has 2 aromatic rings. The van der Waals surface area contributed by atoms with E-state index in [1.807, 2.05) is 0 Å². The Morgan fingerprint density at radius 1 is 1.00 bits per heavy atom. The molecule has 2 aromatic carbocycles. The lowest BCUT2D eigenvalue weighted by Gasteiger charge is -2.35. The topological polar surface area (TPSA) is 15.3 Å². The van der Waals surface area contributed by atoms with Crippen molar-refractivity contribution in [3.8, 4) is 0 Å². The molecule has 2 heteroatoms. The fourth-order valence-electron chi connectivity index (χ4n) is 2.99. The zero-order valence-corrected chi connectivity index (χ0v) is 13.0. The van der Waals surface area contributed by atoms with Crippen molar-refractivity contribution < 1.29 is 0 Å². The molecule has 1 aliphatic rings. The highest BCUT2D eigenvalue weighted by Gasteiger charge is 2.20. The van der Waals surface area contributed by atoms with Crippen molar-refractivity contribution in [1.29, 1.82) is 0 Å². The molecule has 2 nitrogen and oxygen atoms in total. The summed E-state index contributed by atoms with van der Waals surface area (Å²) in [7, 11) is 0. The maximum absolute atomic E-state index is 3.52. The summed E-state index contributed by atoms with van der Waals surface area (Å²) in [6.07, 6.45) is 5.63. The van der Waals surface area contributed by atoms with Crippen LogP contribution in [0.25, 0.3) is 6.08 Å². The van der Waals surface area contributed by atoms with E-state index in [0.717, 1.165) is 32.6 Å². The predicted molar refractivity (Wildman–Crippen MR) is 93.6 cm³/mol. The second-order valence-corrected chi connectivity index (χ2v) is 5.86. The molecule has 1 aliphatic heterocycles. The molecule has 3 rings (SSSR count). The normalized spacial score (nSPS) is 19.5. The smallest absolute Gasteiger partial charge is 0.0259 e. The number of nitrogens with zero attached hydrogens (tertiary/aromatic N) is 1. The number of rotatable bonds is 5. The van der Waals surface area contributed by atoms with Gasteiger partial charge in [0.15, 0.2) is 0 Å². The van der Waals surface area contributed by atoms with Crippen LogP contribution in [0.15, 0.2) is 66.7 Å². The standard InChI is InChI=1S/C20H24N2/c1-3-8-18(9-4-1)12-7-13-20-16-21-14-15-22(20)17-19-10-5-2-6-11-19/h1-12,20-21H,13-17H2. The van der Waals surface area contributed by atoms with Gasteiger partial charge in [0.05, 0.1) is 0 Å². The van der Waals surface area contributed by atoms with Crippen LogP contribution in [-0.4, -0.2) is 30.6 Å². The van der Waals surface area contributed by atoms with Crippen molar-refractivity contribution >= 4 is 6.08 Å². The maximum atomic E-state index is 3.52. The summed E-state index contributed by atoms with van der Waals surface area (Å²) in [5.41, 5.74) is 2.68. The van der Waals surface area contributed by atoms with Gasteiger partial charge in [-0.05, 0) is 17.5 Å². The Balaban J connectivity index is 1.59. The van der Waals surface area contributed by atoms with Crippen LogP contribution in [-0.2, 0) is 6.54 Å². The van der Waals surface area contributed by atoms with Gasteiger partial charge in [0.1, 0.15) is 0 Å². The van der Waals surface area contributed by atoms with Crippen molar-refractivity contribution in [1.82, 2.24) is 10.2 Å². The zero-order valence-electron chi connectivity index (χ0n) is 13.0. The molecule has 22 heavy (non-hydrogen) atoms. The SMILES string of the molecule is C(=Cc1ccccc1)CC1CNCCN1Cc1ccccc1. The van der Waals surface area contributed by atoms with Gasteiger partial charge >= 0.3 is 0 Å². The molecule has 0 aliphatic carbocycles. The zero-order chi connectivity index (χ0) is 15.0. The van der Waals surface area contributed by atoms with Crippen LogP contribution >= 0.6 is 0 Å². The molecule has 1 fully saturated rings. The lowest BCUT2D eigenvalue weighted by molar-refractivity contribution is 0.154. The van der Waals surface area contributed by atoms with Crippen molar-refractivity contribution in [2.75, 3.05) is 19.6 Å². The van der Waals surface area contributed by atoms with E-state index in [0.29, 0.717) is 6.04 Å². The second-order valence-electron chi connectivity index (χ2n) is 5.86. The molecule has 114 valence electrons. The summed E-state index contributed by atoms with van der Waals surface area (Å²) in [5, 5.41) is 3.52. The van der Waals surface area contributed by atoms with Crippen molar-refractivity contribution in [2.24, 2.45) is 0 Å². The lowest BCUT2D eigenvalue weighted by Crippen LogP contribution is -2.50. The van der Waals surface area contributed by atoms with Gasteiger partial charge in [-0.1, -0.05) is 72.8 Å². The van der Waals surface area contributed by atoms with Crippen LogP contribution in [0.1, 0.15) is 17.5 Å². The van der Waals surface area contributed by atoms with Crippen molar-refractivity contribution in [3.05, 3.63) is 77.9 Å². The van der Waals surface area contributed by atoms with Gasteiger partial charge in [0.25, 0.3) is 0 Å². The van der Waals surface area contributed by atoms with Gasteiger partial charge in [-0.3, -0.25) is 4.90 Å². The molecule has 0 saturated carbocycles. The molecule has 0 radical (unpaired) electrons. The highest BCUT2D eigenvalue weighted by Crippen LogP contribution is 2.14. The van der Waals surface area contributed by atoms with Gasteiger partial charge in [-0.25, -0.2) is 0 Å². The summed E-state index contributed by atoms with van der Waals surface area (Å²) in [5.74, 6) is 0. The first kappa shape index (κ1) is 15.0. The van der Waals surface area contributed by atoms with Crippen molar-refractivity contribution in [2.45, 2.75) is 19.0 Å². The first-order chi connectivity index (χ1) is 10.9. The first-order valence-corrected chi connectivity index (χ1v) is 8.12. The number of hydrogen-bond donors (Lipinski definition) is 1. The third-order valence-electron chi connectivity index (χ3n) is 4.22. The molecule has 1 heterocycles. The van der Waals surface area contributed by atoms with Gasteiger partial charge < -0.3 is 5.32 Å². The molecule has 1 saturated heterocycles. The van der Waals surface area contributed by atoms with Gasteiger partial charge in [-0.15, -0.1) is 0 Å². The van der Waals surface area contributed by atoms with E-state index in [4.69, 9.17) is 0 Å². The minimum Gasteiger partial charge on any atom is -0.314 e. The van der Waals surface area contributed by atoms with E-state index >= 15 is 0 Å². The molecule has 1 unspecified atom stereocenters. The van der Waals surface area contributed by atoms with E-state index in [1.54, 1.807) is 0 Å². The van der Waals surface area contributed by atoms with Gasteiger partial charge in [0.2, 0.25) is 0 Å². The molecule has 0 spiro atoms. The monoisotopic (exact) mass is 292 g/mol. The van der Waals surface area contributed by atoms with E-state index < -0.39 is 0 Å². The van der Waals surface area contributed by atoms with E-state index in [1.165, 1.54) is 11.1 Å². The Kier molecular flexibility index (Phi) is 5.41. The van der Waals surface area contributed by atoms with Crippen LogP contribution in [0.5, 0.6) is 0 Å². The fourth-order valence-corrected chi connectivity index (χ4v) is 2.99. The van der Waals surface area contributed by atoms with Gasteiger partial charge in [-0.2, -0.15) is 0 Å². The number of piperazine rings is 1. The van der Waals surface area contributed by atoms with E-state index in [-0.39, 0.29) is 0 Å². The average Bonchev–Trinajstić information content (AvgIpc) is 2.58. The lowest BCUT2D eigenvalue weighted by atomic mass is 10.1. The molecule has 0 bridgehead atoms. The highest BCUT2D eigenvalue weighted by atomic mass is 15.2. The second kappa shape index (κ2) is 7.92. The fraction of sp³-hybridized carbons (Fsp3) is 0.300. The summed E-state index contributed by atoms with van der Waals surface area (Å²) < 4.78 is 0. The highest BCUT2D eigenvalue weighted by molar-refractivity contribution is 5.48. The van der Waals surface area contributed by atoms with Crippen LogP contribution in [0.3, 0.4) is 0 Å². The van der Waals surface area contributed by atoms with E-state index in [9.17, 15) is 0 Å². The molecular formula is C20H24N2. The third-order valence-corrected chi connectivity index (χ3v) is 4.22. The van der Waals surface area contributed by atoms with Crippen LogP contribution in [0.4, 0.5) is 0 Å². The van der Waals surface area contributed by atoms with Crippen molar-refractivity contribution in [3.63, 3.8) is 0 Å². The summed E-state index contributed by atoms with van der Waals surface area (Å²) in [4.78, 5) is 2.60. The first-order valence-electron chi connectivity index (χ1n) is 8.12. The predicted octanol–water partition coefficient (Wildman–Crippen LogP) is 3.56. The van der Waals surface area contributed by atoms with E-state index in [2.05, 4.69) is 83.0 Å². The van der Waals surface area contributed by atoms with Crippen LogP contribution in [0.2, 0.25) is 0 Å². The average molecular weight is 292 g/mol. The summed E-state index contributed by atoms with van der Waals surface area (Å²) in [6, 6.07) is 21.9. The Morgan fingerprint density at radius 2 is 1.73 bits per heavy atom. The Morgan fingerprint density at radius 3 is 2.50 bits per heavy atom. The number of benzene rings is 2. The third kappa shape index (κ3) is 4.30. The Labute approximate surface area is 133 Å². The molecule has 1 N–H and O–H groups in total. The van der Waals surface area contributed by atoms with Crippen LogP contribution in [0, 0.1) is 0 Å². The molecule has 1 atom stereocenters. The number of nitrogens with one attached hydrogen (secondary N) is 1. The minimum absolute atomic E-state index is 0.578. The molecule has 0 amide bonds. The van der Waals surface area contributed by atoms with Gasteiger partial charge in [0, 0.05) is 32.2 Å². The number of hydrogen-bond acceptors (Lipinski definition) is 2. The largest absolute Gasteiger partial charge is 0.314 e. The maximum Gasteiger partial charge on any atom is 0.0259 e. The Hall–Kier alpha value is -1.90. The summed E-state index contributed by atoms with van der Waals surface area (Å²) >= 11 is 0. The molecule has 0 aromatic heterocycles.